The van der Waals surface area contributed by atoms with Gasteiger partial charge < -0.3 is 4.57 Å². The van der Waals surface area contributed by atoms with E-state index in [2.05, 4.69) is 54.6 Å². The fraction of sp³-hybridized carbons (Fsp3) is 0.412. The molecule has 1 aromatic carbocycles. The number of hydrogen-bond donors (Lipinski definition) is 0. The number of aliphatic imine (C=N–C) groups is 1. The van der Waals surface area contributed by atoms with Crippen molar-refractivity contribution in [1.82, 2.24) is 9.55 Å². The van der Waals surface area contributed by atoms with Crippen molar-refractivity contribution in [3.05, 3.63) is 53.6 Å². The first kappa shape index (κ1) is 13.1. The highest BCUT2D eigenvalue weighted by Gasteiger charge is 2.17. The molecule has 0 spiro atoms. The Kier molecular flexibility index (Phi) is 3.20. The average molecular weight is 267 g/mol. The molecule has 0 N–H and O–H groups in total. The van der Waals surface area contributed by atoms with Crippen LogP contribution < -0.4 is 0 Å². The van der Waals surface area contributed by atoms with E-state index in [1.165, 1.54) is 11.1 Å². The van der Waals surface area contributed by atoms with Crippen LogP contribution in [0.1, 0.15) is 44.0 Å². The van der Waals surface area contributed by atoms with Crippen molar-refractivity contribution in [2.24, 2.45) is 4.99 Å². The summed E-state index contributed by atoms with van der Waals surface area (Å²) in [6.07, 6.45) is 4.90. The number of benzene rings is 1. The zero-order chi connectivity index (χ0) is 14.2. The highest BCUT2D eigenvalue weighted by molar-refractivity contribution is 6.11. The molecule has 3 heteroatoms. The van der Waals surface area contributed by atoms with Gasteiger partial charge in [0.2, 0.25) is 0 Å². The molecule has 0 amide bonds. The summed E-state index contributed by atoms with van der Waals surface area (Å²) in [5.74, 6) is 0. The molecule has 2 aromatic rings. The van der Waals surface area contributed by atoms with Crippen molar-refractivity contribution in [3.8, 4) is 0 Å². The van der Waals surface area contributed by atoms with Crippen LogP contribution in [-0.4, -0.2) is 21.8 Å². The van der Waals surface area contributed by atoms with Crippen LogP contribution in [0.25, 0.3) is 0 Å². The van der Waals surface area contributed by atoms with Crippen LogP contribution in [-0.2, 0) is 12.0 Å². The molecule has 1 aromatic heterocycles. The van der Waals surface area contributed by atoms with Gasteiger partial charge in [0.1, 0.15) is 0 Å². The lowest BCUT2D eigenvalue weighted by molar-refractivity contribution is 0.590. The Morgan fingerprint density at radius 3 is 2.55 bits per heavy atom. The summed E-state index contributed by atoms with van der Waals surface area (Å²) in [5, 5.41) is 0. The van der Waals surface area contributed by atoms with Crippen molar-refractivity contribution >= 4 is 5.71 Å². The molecule has 0 saturated heterocycles. The minimum atomic E-state index is 0.186. The van der Waals surface area contributed by atoms with E-state index >= 15 is 0 Å². The minimum Gasteiger partial charge on any atom is -0.329 e. The second-order valence-corrected chi connectivity index (χ2v) is 6.38. The number of hydrogen-bond acceptors (Lipinski definition) is 2. The van der Waals surface area contributed by atoms with Crippen molar-refractivity contribution in [3.63, 3.8) is 0 Å². The fourth-order valence-electron chi connectivity index (χ4n) is 2.58. The maximum absolute atomic E-state index is 4.75. The van der Waals surface area contributed by atoms with Gasteiger partial charge in [0, 0.05) is 18.7 Å². The number of fused-ring (bicyclic) bond motifs is 1. The Morgan fingerprint density at radius 2 is 1.85 bits per heavy atom. The topological polar surface area (TPSA) is 30.2 Å². The lowest BCUT2D eigenvalue weighted by Crippen LogP contribution is -2.12. The summed E-state index contributed by atoms with van der Waals surface area (Å²) in [7, 11) is 0. The van der Waals surface area contributed by atoms with E-state index in [1.54, 1.807) is 0 Å². The van der Waals surface area contributed by atoms with Gasteiger partial charge in [-0.25, -0.2) is 4.98 Å². The molecular formula is C17H21N3. The monoisotopic (exact) mass is 267 g/mol. The third kappa shape index (κ3) is 2.40. The summed E-state index contributed by atoms with van der Waals surface area (Å²) in [4.78, 5) is 9.01. The average Bonchev–Trinajstić information content (AvgIpc) is 2.78. The summed E-state index contributed by atoms with van der Waals surface area (Å²) in [5.41, 5.74) is 4.92. The molecule has 1 aliphatic rings. The molecule has 0 bridgehead atoms. The molecule has 0 fully saturated rings. The summed E-state index contributed by atoms with van der Waals surface area (Å²) in [6.45, 7) is 8.60. The first-order chi connectivity index (χ1) is 9.55. The molecule has 0 aliphatic carbocycles. The molecule has 1 aliphatic heterocycles. The predicted molar refractivity (Wildman–Crippen MR) is 82.5 cm³/mol. The molecule has 3 nitrogen and oxygen atoms in total. The Hall–Kier alpha value is -1.90. The van der Waals surface area contributed by atoms with E-state index < -0.39 is 0 Å². The van der Waals surface area contributed by atoms with E-state index in [0.29, 0.717) is 0 Å². The van der Waals surface area contributed by atoms with E-state index in [4.69, 9.17) is 4.99 Å². The maximum Gasteiger partial charge on any atom is 0.0951 e. The normalized spacial score (nSPS) is 15.4. The van der Waals surface area contributed by atoms with Gasteiger partial charge in [0.25, 0.3) is 0 Å². The van der Waals surface area contributed by atoms with Crippen molar-refractivity contribution < 1.29 is 0 Å². The summed E-state index contributed by atoms with van der Waals surface area (Å²) < 4.78 is 2.20. The van der Waals surface area contributed by atoms with Crippen LogP contribution >= 0.6 is 0 Å². The number of rotatable bonds is 1. The van der Waals surface area contributed by atoms with Crippen LogP contribution in [0.3, 0.4) is 0 Å². The van der Waals surface area contributed by atoms with Gasteiger partial charge in [-0.1, -0.05) is 45.0 Å². The standard InChI is InChI=1S/C17H21N3/c1-17(2,3)14-7-5-13(6-8-14)16-15-11-18-12-20(15)10-4-9-19-16/h5-8,11-12H,4,9-10H2,1-3H3. The number of imidazole rings is 1. The van der Waals surface area contributed by atoms with Crippen LogP contribution in [0.4, 0.5) is 0 Å². The molecular weight excluding hydrogens is 246 g/mol. The first-order valence-corrected chi connectivity index (χ1v) is 7.21. The Labute approximate surface area is 120 Å². The predicted octanol–water partition coefficient (Wildman–Crippen LogP) is 3.42. The summed E-state index contributed by atoms with van der Waals surface area (Å²) >= 11 is 0. The molecule has 0 radical (unpaired) electrons. The highest BCUT2D eigenvalue weighted by atomic mass is 15.1. The van der Waals surface area contributed by atoms with Gasteiger partial charge in [0.15, 0.2) is 0 Å². The number of aromatic nitrogens is 2. The van der Waals surface area contributed by atoms with Crippen LogP contribution in [0, 0.1) is 0 Å². The summed E-state index contributed by atoms with van der Waals surface area (Å²) in [6, 6.07) is 8.79. The molecule has 0 saturated carbocycles. The molecule has 20 heavy (non-hydrogen) atoms. The van der Waals surface area contributed by atoms with Gasteiger partial charge in [0.05, 0.1) is 23.9 Å². The second-order valence-electron chi connectivity index (χ2n) is 6.38. The zero-order valence-corrected chi connectivity index (χ0v) is 12.4. The van der Waals surface area contributed by atoms with Gasteiger partial charge in [-0.15, -0.1) is 0 Å². The Morgan fingerprint density at radius 1 is 1.10 bits per heavy atom. The maximum atomic E-state index is 4.75. The Bertz CT molecular complexity index is 627. The van der Waals surface area contributed by atoms with Gasteiger partial charge >= 0.3 is 0 Å². The van der Waals surface area contributed by atoms with Gasteiger partial charge in [-0.2, -0.15) is 0 Å². The molecule has 0 atom stereocenters. The fourth-order valence-corrected chi connectivity index (χ4v) is 2.58. The second kappa shape index (κ2) is 4.89. The largest absolute Gasteiger partial charge is 0.329 e. The van der Waals surface area contributed by atoms with Crippen LogP contribution in [0.5, 0.6) is 0 Å². The molecule has 2 heterocycles. The third-order valence-corrected chi connectivity index (χ3v) is 3.81. The molecule has 104 valence electrons. The SMILES string of the molecule is CC(C)(C)c1ccc(C2=NCCCn3cncc32)cc1. The molecule has 3 rings (SSSR count). The van der Waals surface area contributed by atoms with Crippen LogP contribution in [0.15, 0.2) is 41.8 Å². The minimum absolute atomic E-state index is 0.186. The van der Waals surface area contributed by atoms with E-state index in [0.717, 1.165) is 30.9 Å². The lowest BCUT2D eigenvalue weighted by Gasteiger charge is -2.19. The number of aryl methyl sites for hydroxylation is 1. The van der Waals surface area contributed by atoms with Crippen LogP contribution in [0.2, 0.25) is 0 Å². The van der Waals surface area contributed by atoms with Crippen molar-refractivity contribution in [2.45, 2.75) is 39.2 Å². The zero-order valence-electron chi connectivity index (χ0n) is 12.4. The Balaban J connectivity index is 2.00. The third-order valence-electron chi connectivity index (χ3n) is 3.81. The lowest BCUT2D eigenvalue weighted by atomic mass is 9.86. The first-order valence-electron chi connectivity index (χ1n) is 7.21. The van der Waals surface area contributed by atoms with E-state index in [1.807, 2.05) is 12.5 Å². The quantitative estimate of drug-likeness (QED) is 0.778. The van der Waals surface area contributed by atoms with Crippen molar-refractivity contribution in [2.75, 3.05) is 6.54 Å². The van der Waals surface area contributed by atoms with Crippen molar-refractivity contribution in [1.29, 1.82) is 0 Å². The highest BCUT2D eigenvalue weighted by Crippen LogP contribution is 2.23. The van der Waals surface area contributed by atoms with Gasteiger partial charge in [-0.05, 0) is 17.4 Å². The van der Waals surface area contributed by atoms with E-state index in [9.17, 15) is 0 Å². The smallest absolute Gasteiger partial charge is 0.0951 e. The number of nitrogens with zero attached hydrogens (tertiary/aromatic N) is 3. The molecule has 0 unspecified atom stereocenters. The van der Waals surface area contributed by atoms with Gasteiger partial charge in [-0.3, -0.25) is 4.99 Å². The van der Waals surface area contributed by atoms with E-state index in [-0.39, 0.29) is 5.41 Å².